The fourth-order valence-corrected chi connectivity index (χ4v) is 0.221. The average molecular weight is 153 g/mol. The summed E-state index contributed by atoms with van der Waals surface area (Å²) >= 11 is 3.22. The van der Waals surface area contributed by atoms with Crippen molar-refractivity contribution in [2.75, 3.05) is 0 Å². The Kier molecular flexibility index (Phi) is 2.44. The molecule has 5 N–H and O–H groups in total. The number of carboxylic acids is 1. The lowest BCUT2D eigenvalue weighted by molar-refractivity contribution is -0.164. The topological polar surface area (TPSA) is 104 Å². The molecule has 0 amide bonds. The van der Waals surface area contributed by atoms with Gasteiger partial charge in [-0.15, -0.1) is 12.6 Å². The highest BCUT2D eigenvalue weighted by Crippen LogP contribution is 2.05. The third kappa shape index (κ3) is 1.83. The minimum absolute atomic E-state index is 1.72. The van der Waals surface area contributed by atoms with Gasteiger partial charge in [-0.2, -0.15) is 0 Å². The van der Waals surface area contributed by atoms with Gasteiger partial charge < -0.3 is 15.3 Å². The molecule has 0 fully saturated rings. The van der Waals surface area contributed by atoms with Gasteiger partial charge >= 0.3 is 5.97 Å². The number of nitrogens with two attached hydrogens (primary N) is 1. The van der Waals surface area contributed by atoms with Gasteiger partial charge in [-0.1, -0.05) is 0 Å². The summed E-state index contributed by atoms with van der Waals surface area (Å²) in [7, 11) is 0. The summed E-state index contributed by atoms with van der Waals surface area (Å²) in [5.74, 6) is -1.72. The molecule has 6 heteroatoms. The number of aliphatic hydroxyl groups excluding tert-OH is 1. The van der Waals surface area contributed by atoms with Gasteiger partial charge in [0, 0.05) is 0 Å². The molecule has 0 aromatic rings. The third-order valence-corrected chi connectivity index (χ3v) is 1.13. The van der Waals surface area contributed by atoms with Crippen molar-refractivity contribution < 1.29 is 20.1 Å². The zero-order chi connectivity index (χ0) is 7.65. The summed E-state index contributed by atoms with van der Waals surface area (Å²) in [6.45, 7) is 0. The second-order valence-electron chi connectivity index (χ2n) is 1.50. The van der Waals surface area contributed by atoms with E-state index in [1.807, 2.05) is 0 Å². The molecule has 0 aliphatic rings. The van der Waals surface area contributed by atoms with Gasteiger partial charge in [0.1, 0.15) is 5.44 Å². The number of aliphatic carboxylic acids is 1. The van der Waals surface area contributed by atoms with Crippen LogP contribution in [-0.2, 0) is 4.79 Å². The number of thiol groups is 1. The number of rotatable bonds is 2. The first-order chi connectivity index (χ1) is 3.89. The summed E-state index contributed by atoms with van der Waals surface area (Å²) < 4.78 is 0. The Labute approximate surface area is 56.5 Å². The molecule has 0 spiro atoms. The molecule has 0 saturated carbocycles. The maximum atomic E-state index is 9.88. The minimum atomic E-state index is -2.66. The summed E-state index contributed by atoms with van der Waals surface area (Å²) in [6.07, 6.45) is 0. The first-order valence-electron chi connectivity index (χ1n) is 2.00. The van der Waals surface area contributed by atoms with E-state index in [0.29, 0.717) is 0 Å². The number of carbonyl (C=O) groups is 1. The minimum Gasteiger partial charge on any atom is -0.478 e. The summed E-state index contributed by atoms with van der Waals surface area (Å²) in [6, 6.07) is 0. The normalized spacial score (nSPS) is 20.4. The van der Waals surface area contributed by atoms with Gasteiger partial charge in [-0.25, -0.2) is 4.79 Å². The zero-order valence-electron chi connectivity index (χ0n) is 4.35. The van der Waals surface area contributed by atoms with Gasteiger partial charge in [-0.3, -0.25) is 5.73 Å². The van der Waals surface area contributed by atoms with E-state index in [1.165, 1.54) is 0 Å². The van der Waals surface area contributed by atoms with Crippen molar-refractivity contribution in [2.24, 2.45) is 5.73 Å². The van der Waals surface area contributed by atoms with Crippen LogP contribution in [-0.4, -0.2) is 32.4 Å². The molecule has 0 heterocycles. The van der Waals surface area contributed by atoms with Crippen molar-refractivity contribution >= 4 is 18.6 Å². The number of carboxylic acid groups (broad SMARTS) is 1. The second kappa shape index (κ2) is 2.53. The van der Waals surface area contributed by atoms with Crippen molar-refractivity contribution in [2.45, 2.75) is 11.2 Å². The summed E-state index contributed by atoms with van der Waals surface area (Å²) in [5.41, 5.74) is 0.186. The maximum absolute atomic E-state index is 9.88. The molecule has 54 valence electrons. The van der Waals surface area contributed by atoms with Crippen LogP contribution < -0.4 is 5.73 Å². The van der Waals surface area contributed by atoms with E-state index in [9.17, 15) is 4.79 Å². The molecule has 9 heavy (non-hydrogen) atoms. The second-order valence-corrected chi connectivity index (χ2v) is 1.99. The summed E-state index contributed by atoms with van der Waals surface area (Å²) in [5, 5.41) is 24.9. The monoisotopic (exact) mass is 153 g/mol. The van der Waals surface area contributed by atoms with Crippen molar-refractivity contribution in [3.05, 3.63) is 0 Å². The fourth-order valence-electron chi connectivity index (χ4n) is 0.110. The van der Waals surface area contributed by atoms with Gasteiger partial charge in [0.05, 0.1) is 0 Å². The van der Waals surface area contributed by atoms with Gasteiger partial charge in [0.25, 0.3) is 0 Å². The Balaban J connectivity index is 4.19. The van der Waals surface area contributed by atoms with E-state index in [1.54, 1.807) is 0 Å². The molecule has 0 saturated heterocycles. The highest BCUT2D eigenvalue weighted by Gasteiger charge is 2.37. The predicted octanol–water partition coefficient (Wildman–Crippen LogP) is -2.03. The molecular weight excluding hydrogens is 146 g/mol. The Morgan fingerprint density at radius 1 is 1.78 bits per heavy atom. The molecule has 0 aliphatic carbocycles. The average Bonchev–Trinajstić information content (AvgIpc) is 1.65. The SMILES string of the molecule is N[C@](O)(C(=O)O)C(O)S. The lowest BCUT2D eigenvalue weighted by atomic mass is 10.3. The van der Waals surface area contributed by atoms with Crippen LogP contribution >= 0.6 is 12.6 Å². The van der Waals surface area contributed by atoms with Crippen LogP contribution in [0.15, 0.2) is 0 Å². The smallest absolute Gasteiger partial charge is 0.354 e. The molecule has 0 aliphatic heterocycles. The number of aliphatic hydroxyl groups is 2. The lowest BCUT2D eigenvalue weighted by Gasteiger charge is -2.19. The quantitative estimate of drug-likeness (QED) is 0.232. The van der Waals surface area contributed by atoms with Crippen LogP contribution in [0.1, 0.15) is 0 Å². The van der Waals surface area contributed by atoms with Crippen LogP contribution in [0, 0.1) is 0 Å². The van der Waals surface area contributed by atoms with E-state index in [4.69, 9.17) is 15.3 Å². The molecule has 0 bridgehead atoms. The van der Waals surface area contributed by atoms with E-state index >= 15 is 0 Å². The third-order valence-electron chi connectivity index (χ3n) is 0.736. The predicted molar refractivity (Wildman–Crippen MR) is 31.8 cm³/mol. The Morgan fingerprint density at radius 3 is 2.11 bits per heavy atom. The Morgan fingerprint density at radius 2 is 2.11 bits per heavy atom. The lowest BCUT2D eigenvalue weighted by Crippen LogP contribution is -2.55. The van der Waals surface area contributed by atoms with Crippen molar-refractivity contribution in [1.29, 1.82) is 0 Å². The molecule has 0 aromatic carbocycles. The first-order valence-corrected chi connectivity index (χ1v) is 2.51. The molecule has 2 atom stereocenters. The number of hydrogen-bond donors (Lipinski definition) is 5. The van der Waals surface area contributed by atoms with Crippen LogP contribution in [0.3, 0.4) is 0 Å². The van der Waals surface area contributed by atoms with Crippen LogP contribution in [0.5, 0.6) is 0 Å². The molecule has 0 aromatic heterocycles. The highest BCUT2D eigenvalue weighted by molar-refractivity contribution is 7.80. The molecule has 0 radical (unpaired) electrons. The number of hydrogen-bond acceptors (Lipinski definition) is 5. The van der Waals surface area contributed by atoms with Gasteiger partial charge in [-0.05, 0) is 0 Å². The molecule has 5 nitrogen and oxygen atoms in total. The summed E-state index contributed by atoms with van der Waals surface area (Å²) in [4.78, 5) is 9.88. The van der Waals surface area contributed by atoms with E-state index < -0.39 is 17.1 Å². The van der Waals surface area contributed by atoms with E-state index in [2.05, 4.69) is 18.4 Å². The standard InChI is InChI=1S/C3H7NO4S/c4-3(8,1(5)6)2(7)9/h2,7-9H,4H2,(H,5,6)/t2?,3-/m0/s1. The van der Waals surface area contributed by atoms with Crippen LogP contribution in [0.25, 0.3) is 0 Å². The van der Waals surface area contributed by atoms with Gasteiger partial charge in [0.15, 0.2) is 0 Å². The zero-order valence-corrected chi connectivity index (χ0v) is 5.25. The Bertz CT molecular complexity index is 123. The largest absolute Gasteiger partial charge is 0.478 e. The first kappa shape index (κ1) is 8.70. The van der Waals surface area contributed by atoms with Crippen molar-refractivity contribution in [3.63, 3.8) is 0 Å². The van der Waals surface area contributed by atoms with Gasteiger partial charge in [0.2, 0.25) is 5.72 Å². The van der Waals surface area contributed by atoms with E-state index in [-0.39, 0.29) is 0 Å². The fraction of sp³-hybridized carbons (Fsp3) is 0.667. The maximum Gasteiger partial charge on any atom is 0.354 e. The molecular formula is C3H7NO4S. The van der Waals surface area contributed by atoms with Crippen molar-refractivity contribution in [3.8, 4) is 0 Å². The highest BCUT2D eigenvalue weighted by atomic mass is 32.1. The molecule has 1 unspecified atom stereocenters. The molecule has 0 rings (SSSR count). The Hall–Kier alpha value is -0.300. The van der Waals surface area contributed by atoms with Crippen LogP contribution in [0.2, 0.25) is 0 Å². The van der Waals surface area contributed by atoms with E-state index in [0.717, 1.165) is 0 Å². The van der Waals surface area contributed by atoms with Crippen molar-refractivity contribution in [1.82, 2.24) is 0 Å². The van der Waals surface area contributed by atoms with Crippen LogP contribution in [0.4, 0.5) is 0 Å².